The maximum atomic E-state index is 12.8. The van der Waals surface area contributed by atoms with Crippen LogP contribution in [0.1, 0.15) is 49.0 Å². The predicted octanol–water partition coefficient (Wildman–Crippen LogP) is 1.87. The van der Waals surface area contributed by atoms with Crippen molar-refractivity contribution in [1.82, 2.24) is 19.5 Å². The van der Waals surface area contributed by atoms with E-state index < -0.39 is 10.0 Å². The van der Waals surface area contributed by atoms with Crippen LogP contribution in [0.4, 0.5) is 0 Å². The Morgan fingerprint density at radius 3 is 2.80 bits per heavy atom. The van der Waals surface area contributed by atoms with Crippen molar-refractivity contribution in [3.8, 4) is 6.07 Å². The normalized spacial score (nSPS) is 17.3. The van der Waals surface area contributed by atoms with Gasteiger partial charge in [0.15, 0.2) is 0 Å². The van der Waals surface area contributed by atoms with Crippen LogP contribution in [0.2, 0.25) is 0 Å². The SMILES string of the molecule is Cc1cccc(S(=O)(=O)N[C@@H]2CCc3nnc(C(C)C)n3C2)c1C#N. The molecule has 1 aromatic heterocycles. The van der Waals surface area contributed by atoms with Crippen LogP contribution in [0, 0.1) is 18.3 Å². The Bertz CT molecular complexity index is 940. The van der Waals surface area contributed by atoms with Crippen LogP contribution in [0.3, 0.4) is 0 Å². The lowest BCUT2D eigenvalue weighted by molar-refractivity contribution is 0.410. The van der Waals surface area contributed by atoms with Gasteiger partial charge in [0.05, 0.1) is 5.56 Å². The summed E-state index contributed by atoms with van der Waals surface area (Å²) in [4.78, 5) is 0.0358. The van der Waals surface area contributed by atoms with Crippen molar-refractivity contribution < 1.29 is 8.42 Å². The fourth-order valence-electron chi connectivity index (χ4n) is 3.16. The molecule has 0 fully saturated rings. The van der Waals surface area contributed by atoms with Crippen molar-refractivity contribution in [3.63, 3.8) is 0 Å². The van der Waals surface area contributed by atoms with Crippen LogP contribution in [0.5, 0.6) is 0 Å². The average Bonchev–Trinajstić information content (AvgIpc) is 2.97. The lowest BCUT2D eigenvalue weighted by Crippen LogP contribution is -2.41. The number of benzene rings is 1. The third-order valence-corrected chi connectivity index (χ3v) is 6.01. The summed E-state index contributed by atoms with van der Waals surface area (Å²) in [7, 11) is -3.77. The molecule has 0 amide bonds. The standard InChI is InChI=1S/C17H21N5O2S/c1-11(2)17-20-19-16-8-7-13(10-22(16)17)21-25(23,24)15-6-4-5-12(3)14(15)9-18/h4-6,11,13,21H,7-8,10H2,1-3H3/t13-/m1/s1. The van der Waals surface area contributed by atoms with Crippen LogP contribution in [0.15, 0.2) is 23.1 Å². The average molecular weight is 359 g/mol. The van der Waals surface area contributed by atoms with Crippen molar-refractivity contribution in [2.24, 2.45) is 0 Å². The molecular weight excluding hydrogens is 338 g/mol. The van der Waals surface area contributed by atoms with E-state index in [1.54, 1.807) is 19.1 Å². The first kappa shape index (κ1) is 17.6. The Hall–Kier alpha value is -2.24. The molecule has 3 rings (SSSR count). The van der Waals surface area contributed by atoms with Gasteiger partial charge in [-0.15, -0.1) is 10.2 Å². The molecule has 0 bridgehead atoms. The topological polar surface area (TPSA) is 101 Å². The number of nitrogens with one attached hydrogen (secondary N) is 1. The Labute approximate surface area is 147 Å². The third-order valence-electron chi connectivity index (χ3n) is 4.45. The summed E-state index contributed by atoms with van der Waals surface area (Å²) >= 11 is 0. The minimum atomic E-state index is -3.77. The second-order valence-electron chi connectivity index (χ2n) is 6.66. The van der Waals surface area contributed by atoms with E-state index in [2.05, 4.69) is 14.9 Å². The highest BCUT2D eigenvalue weighted by molar-refractivity contribution is 7.89. The van der Waals surface area contributed by atoms with Crippen LogP contribution >= 0.6 is 0 Å². The number of sulfonamides is 1. The summed E-state index contributed by atoms with van der Waals surface area (Å²) in [6.45, 7) is 6.31. The highest BCUT2D eigenvalue weighted by atomic mass is 32.2. The molecule has 0 aliphatic carbocycles. The number of nitrogens with zero attached hydrogens (tertiary/aromatic N) is 4. The van der Waals surface area contributed by atoms with Crippen molar-refractivity contribution in [1.29, 1.82) is 5.26 Å². The minimum absolute atomic E-state index is 0.0358. The Morgan fingerprint density at radius 1 is 1.36 bits per heavy atom. The molecule has 8 heteroatoms. The summed E-state index contributed by atoms with van der Waals surface area (Å²) in [5.74, 6) is 1.98. The molecule has 2 heterocycles. The first-order valence-electron chi connectivity index (χ1n) is 8.27. The molecule has 1 N–H and O–H groups in total. The van der Waals surface area contributed by atoms with E-state index >= 15 is 0 Å². The zero-order valence-corrected chi connectivity index (χ0v) is 15.3. The molecule has 1 aromatic carbocycles. The molecule has 132 valence electrons. The largest absolute Gasteiger partial charge is 0.313 e. The van der Waals surface area contributed by atoms with E-state index in [-0.39, 0.29) is 22.4 Å². The van der Waals surface area contributed by atoms with Crippen molar-refractivity contribution in [2.75, 3.05) is 0 Å². The number of rotatable bonds is 4. The quantitative estimate of drug-likeness (QED) is 0.898. The predicted molar refractivity (Wildman–Crippen MR) is 92.4 cm³/mol. The van der Waals surface area contributed by atoms with Gasteiger partial charge < -0.3 is 4.57 Å². The summed E-state index contributed by atoms with van der Waals surface area (Å²) in [6, 6.07) is 6.61. The number of fused-ring (bicyclic) bond motifs is 1. The van der Waals surface area contributed by atoms with Gasteiger partial charge in [0.1, 0.15) is 22.6 Å². The van der Waals surface area contributed by atoms with Crippen LogP contribution in [-0.2, 0) is 23.0 Å². The molecule has 1 aliphatic rings. The zero-order chi connectivity index (χ0) is 18.2. The van der Waals surface area contributed by atoms with E-state index in [1.807, 2.05) is 24.5 Å². The van der Waals surface area contributed by atoms with Crippen molar-refractivity contribution in [3.05, 3.63) is 41.0 Å². The Morgan fingerprint density at radius 2 is 2.12 bits per heavy atom. The molecule has 0 spiro atoms. The summed E-state index contributed by atoms with van der Waals surface area (Å²) in [5, 5.41) is 17.7. The number of hydrogen-bond acceptors (Lipinski definition) is 5. The summed E-state index contributed by atoms with van der Waals surface area (Å²) in [5.41, 5.74) is 0.843. The number of aromatic nitrogens is 3. The molecule has 0 saturated heterocycles. The van der Waals surface area contributed by atoms with E-state index in [9.17, 15) is 13.7 Å². The van der Waals surface area contributed by atoms with Gasteiger partial charge in [0, 0.05) is 24.9 Å². The minimum Gasteiger partial charge on any atom is -0.313 e. The summed E-state index contributed by atoms with van der Waals surface area (Å²) < 4.78 is 30.4. The van der Waals surface area contributed by atoms with Gasteiger partial charge in [0.25, 0.3) is 0 Å². The molecule has 1 aliphatic heterocycles. The van der Waals surface area contributed by atoms with Crippen molar-refractivity contribution in [2.45, 2.75) is 57.0 Å². The fourth-order valence-corrected chi connectivity index (χ4v) is 4.65. The van der Waals surface area contributed by atoms with Gasteiger partial charge in [-0.25, -0.2) is 13.1 Å². The van der Waals surface area contributed by atoms with E-state index in [0.717, 1.165) is 11.6 Å². The molecule has 7 nitrogen and oxygen atoms in total. The van der Waals surface area contributed by atoms with E-state index in [1.165, 1.54) is 6.07 Å². The Balaban J connectivity index is 1.87. The maximum absolute atomic E-state index is 12.8. The highest BCUT2D eigenvalue weighted by Crippen LogP contribution is 2.23. The molecule has 1 atom stereocenters. The Kier molecular flexibility index (Phi) is 4.62. The van der Waals surface area contributed by atoms with Gasteiger partial charge in [-0.05, 0) is 25.0 Å². The van der Waals surface area contributed by atoms with Crippen LogP contribution in [0.25, 0.3) is 0 Å². The zero-order valence-electron chi connectivity index (χ0n) is 14.5. The number of hydrogen-bond donors (Lipinski definition) is 1. The second kappa shape index (κ2) is 6.58. The van der Waals surface area contributed by atoms with Gasteiger partial charge in [-0.2, -0.15) is 5.26 Å². The third kappa shape index (κ3) is 3.30. The lowest BCUT2D eigenvalue weighted by Gasteiger charge is -2.26. The summed E-state index contributed by atoms with van der Waals surface area (Å²) in [6.07, 6.45) is 1.33. The van der Waals surface area contributed by atoms with Crippen LogP contribution in [-0.4, -0.2) is 29.2 Å². The van der Waals surface area contributed by atoms with E-state index in [4.69, 9.17) is 0 Å². The van der Waals surface area contributed by atoms with Gasteiger partial charge >= 0.3 is 0 Å². The van der Waals surface area contributed by atoms with Gasteiger partial charge in [-0.3, -0.25) is 0 Å². The molecular formula is C17H21N5O2S. The molecule has 0 unspecified atom stereocenters. The van der Waals surface area contributed by atoms with Crippen molar-refractivity contribution >= 4 is 10.0 Å². The first-order valence-corrected chi connectivity index (χ1v) is 9.76. The smallest absolute Gasteiger partial charge is 0.242 e. The van der Waals surface area contributed by atoms with Gasteiger partial charge in [0.2, 0.25) is 10.0 Å². The lowest BCUT2D eigenvalue weighted by atomic mass is 10.1. The number of nitriles is 1. The monoisotopic (exact) mass is 359 g/mol. The maximum Gasteiger partial charge on any atom is 0.242 e. The molecule has 25 heavy (non-hydrogen) atoms. The molecule has 0 saturated carbocycles. The highest BCUT2D eigenvalue weighted by Gasteiger charge is 2.29. The first-order chi connectivity index (χ1) is 11.8. The van der Waals surface area contributed by atoms with E-state index in [0.29, 0.717) is 24.9 Å². The fraction of sp³-hybridized carbons (Fsp3) is 0.471. The van der Waals surface area contributed by atoms with Gasteiger partial charge in [-0.1, -0.05) is 26.0 Å². The van der Waals surface area contributed by atoms with Crippen LogP contribution < -0.4 is 4.72 Å². The second-order valence-corrected chi connectivity index (χ2v) is 8.34. The molecule has 0 radical (unpaired) electrons. The molecule has 2 aromatic rings. The number of aryl methyl sites for hydroxylation is 2.